The summed E-state index contributed by atoms with van der Waals surface area (Å²) < 4.78 is 13.5. The van der Waals surface area contributed by atoms with Gasteiger partial charge in [0, 0.05) is 11.1 Å². The molecule has 2 aromatic carbocycles. The lowest BCUT2D eigenvalue weighted by Crippen LogP contribution is -2.00. The van der Waals surface area contributed by atoms with Crippen LogP contribution in [0.1, 0.15) is 5.56 Å². The molecular formula is C19H11ClN4O3S. The number of hydrogen-bond acceptors (Lipinski definition) is 7. The van der Waals surface area contributed by atoms with E-state index in [0.29, 0.717) is 33.3 Å². The molecule has 28 heavy (non-hydrogen) atoms. The summed E-state index contributed by atoms with van der Waals surface area (Å²) in [5.74, 6) is 0.855. The highest BCUT2D eigenvalue weighted by Gasteiger charge is 2.15. The smallest absolute Gasteiger partial charge is 0.396 e. The van der Waals surface area contributed by atoms with Gasteiger partial charge in [-0.25, -0.2) is 19.4 Å². The molecule has 7 nitrogen and oxygen atoms in total. The zero-order chi connectivity index (χ0) is 19.3. The third-order valence-electron chi connectivity index (χ3n) is 4.24. The van der Waals surface area contributed by atoms with Crippen LogP contribution >= 0.6 is 22.9 Å². The highest BCUT2D eigenvalue weighted by atomic mass is 35.5. The van der Waals surface area contributed by atoms with Gasteiger partial charge in [0.25, 0.3) is 0 Å². The summed E-state index contributed by atoms with van der Waals surface area (Å²) in [4.78, 5) is 19.6. The van der Waals surface area contributed by atoms with Crippen LogP contribution in [0.2, 0.25) is 5.02 Å². The minimum Gasteiger partial charge on any atom is -0.438 e. The highest BCUT2D eigenvalue weighted by Crippen LogP contribution is 2.31. The predicted molar refractivity (Wildman–Crippen MR) is 107 cm³/mol. The first-order chi connectivity index (χ1) is 13.6. The first-order valence-corrected chi connectivity index (χ1v) is 9.45. The molecular weight excluding hydrogens is 400 g/mol. The van der Waals surface area contributed by atoms with Crippen LogP contribution in [-0.4, -0.2) is 19.7 Å². The van der Waals surface area contributed by atoms with E-state index in [0.717, 1.165) is 27.3 Å². The summed E-state index contributed by atoms with van der Waals surface area (Å²) in [7, 11) is 0. The number of halogens is 1. The van der Waals surface area contributed by atoms with E-state index in [2.05, 4.69) is 15.1 Å². The Balaban J connectivity index is 1.59. The fourth-order valence-corrected chi connectivity index (χ4v) is 3.73. The van der Waals surface area contributed by atoms with Crippen molar-refractivity contribution < 1.29 is 9.15 Å². The number of aromatic nitrogens is 4. The van der Waals surface area contributed by atoms with Crippen LogP contribution < -0.4 is 9.68 Å². The zero-order valence-electron chi connectivity index (χ0n) is 14.4. The molecule has 0 saturated heterocycles. The molecule has 5 rings (SSSR count). The van der Waals surface area contributed by atoms with Gasteiger partial charge in [0.05, 0.1) is 16.6 Å². The SMILES string of the molecule is Cc1ccc(Cl)cc1-n1ncc2c(Oc3ccc4sc(=O)oc4c3)ncnc21. The average molecular weight is 411 g/mol. The van der Waals surface area contributed by atoms with Gasteiger partial charge in [-0.2, -0.15) is 5.10 Å². The maximum atomic E-state index is 11.4. The average Bonchev–Trinajstić information content (AvgIpc) is 3.26. The Morgan fingerprint density at radius 2 is 2.07 bits per heavy atom. The van der Waals surface area contributed by atoms with Crippen molar-refractivity contribution in [2.24, 2.45) is 0 Å². The van der Waals surface area contributed by atoms with Gasteiger partial charge >= 0.3 is 4.94 Å². The molecule has 0 N–H and O–H groups in total. The third kappa shape index (κ3) is 2.83. The summed E-state index contributed by atoms with van der Waals surface area (Å²) in [6.45, 7) is 1.97. The topological polar surface area (TPSA) is 83.0 Å². The zero-order valence-corrected chi connectivity index (χ0v) is 16.0. The van der Waals surface area contributed by atoms with Crippen LogP contribution in [0.15, 0.2) is 58.1 Å². The monoisotopic (exact) mass is 410 g/mol. The Morgan fingerprint density at radius 1 is 1.18 bits per heavy atom. The Morgan fingerprint density at radius 3 is 2.96 bits per heavy atom. The van der Waals surface area contributed by atoms with Crippen LogP contribution in [0.25, 0.3) is 27.0 Å². The summed E-state index contributed by atoms with van der Waals surface area (Å²) in [6, 6.07) is 10.8. The van der Waals surface area contributed by atoms with Crippen molar-refractivity contribution in [3.63, 3.8) is 0 Å². The molecule has 0 radical (unpaired) electrons. The van der Waals surface area contributed by atoms with E-state index < -0.39 is 0 Å². The molecule has 0 atom stereocenters. The fourth-order valence-electron chi connectivity index (χ4n) is 2.92. The number of aryl methyl sites for hydroxylation is 1. The van der Waals surface area contributed by atoms with Gasteiger partial charge in [0.15, 0.2) is 11.2 Å². The van der Waals surface area contributed by atoms with Gasteiger partial charge in [0.2, 0.25) is 5.88 Å². The van der Waals surface area contributed by atoms with Gasteiger partial charge in [-0.1, -0.05) is 29.0 Å². The van der Waals surface area contributed by atoms with Crippen molar-refractivity contribution in [3.05, 3.63) is 69.2 Å². The van der Waals surface area contributed by atoms with E-state index in [1.54, 1.807) is 29.1 Å². The molecule has 3 aromatic heterocycles. The van der Waals surface area contributed by atoms with E-state index in [4.69, 9.17) is 20.8 Å². The second kappa shape index (κ2) is 6.43. The van der Waals surface area contributed by atoms with Crippen LogP contribution in [0.4, 0.5) is 0 Å². The lowest BCUT2D eigenvalue weighted by molar-refractivity contribution is 0.467. The Labute approximate surface area is 166 Å². The summed E-state index contributed by atoms with van der Waals surface area (Å²) in [5, 5.41) is 5.70. The number of fused-ring (bicyclic) bond motifs is 2. The minimum atomic E-state index is -0.352. The van der Waals surface area contributed by atoms with Crippen LogP contribution in [0.5, 0.6) is 11.6 Å². The van der Waals surface area contributed by atoms with Gasteiger partial charge in [-0.3, -0.25) is 0 Å². The number of rotatable bonds is 3. The predicted octanol–water partition coefficient (Wildman–Crippen LogP) is 4.74. The molecule has 0 aliphatic carbocycles. The molecule has 0 fully saturated rings. The summed E-state index contributed by atoms with van der Waals surface area (Å²) >= 11 is 7.19. The van der Waals surface area contributed by atoms with E-state index in [1.807, 2.05) is 25.1 Å². The van der Waals surface area contributed by atoms with Crippen molar-refractivity contribution in [1.82, 2.24) is 19.7 Å². The molecule has 0 aliphatic heterocycles. The molecule has 3 heterocycles. The maximum absolute atomic E-state index is 11.4. The van der Waals surface area contributed by atoms with E-state index >= 15 is 0 Å². The Kier molecular flexibility index (Phi) is 3.88. The van der Waals surface area contributed by atoms with Crippen molar-refractivity contribution in [3.8, 4) is 17.3 Å². The van der Waals surface area contributed by atoms with Crippen LogP contribution in [0, 0.1) is 6.92 Å². The molecule has 0 unspecified atom stereocenters. The van der Waals surface area contributed by atoms with Gasteiger partial charge in [0.1, 0.15) is 17.5 Å². The van der Waals surface area contributed by atoms with E-state index in [-0.39, 0.29) is 4.94 Å². The van der Waals surface area contributed by atoms with Crippen molar-refractivity contribution in [1.29, 1.82) is 0 Å². The number of benzene rings is 2. The van der Waals surface area contributed by atoms with Crippen molar-refractivity contribution in [2.75, 3.05) is 0 Å². The summed E-state index contributed by atoms with van der Waals surface area (Å²) in [6.07, 6.45) is 3.06. The van der Waals surface area contributed by atoms with Gasteiger partial charge < -0.3 is 9.15 Å². The van der Waals surface area contributed by atoms with Crippen LogP contribution in [0.3, 0.4) is 0 Å². The highest BCUT2D eigenvalue weighted by molar-refractivity contribution is 7.16. The maximum Gasteiger partial charge on any atom is 0.396 e. The Hall–Kier alpha value is -3.23. The molecule has 0 saturated carbocycles. The molecule has 0 amide bonds. The molecule has 138 valence electrons. The number of hydrogen-bond donors (Lipinski definition) is 0. The first kappa shape index (κ1) is 16.9. The lowest BCUT2D eigenvalue weighted by atomic mass is 10.2. The molecule has 0 bridgehead atoms. The summed E-state index contributed by atoms with van der Waals surface area (Å²) in [5.41, 5.74) is 2.91. The van der Waals surface area contributed by atoms with E-state index in [1.165, 1.54) is 6.33 Å². The second-order valence-corrected chi connectivity index (χ2v) is 7.48. The minimum absolute atomic E-state index is 0.352. The van der Waals surface area contributed by atoms with Crippen LogP contribution in [-0.2, 0) is 0 Å². The quantitative estimate of drug-likeness (QED) is 0.427. The van der Waals surface area contributed by atoms with Gasteiger partial charge in [-0.15, -0.1) is 0 Å². The standard InChI is InChI=1S/C19H11ClN4O3S/c1-10-2-3-11(20)6-14(10)24-17-13(8-23-24)18(22-9-21-17)26-12-4-5-16-15(7-12)27-19(25)28-16/h2-9H,1H3. The van der Waals surface area contributed by atoms with E-state index in [9.17, 15) is 4.79 Å². The normalized spacial score (nSPS) is 11.4. The number of nitrogens with zero attached hydrogens (tertiary/aromatic N) is 4. The molecule has 0 aliphatic rings. The number of ether oxygens (including phenoxy) is 1. The molecule has 5 aromatic rings. The third-order valence-corrected chi connectivity index (χ3v) is 5.29. The fraction of sp³-hybridized carbons (Fsp3) is 0.0526. The Bertz CT molecular complexity index is 1410. The van der Waals surface area contributed by atoms with Crippen molar-refractivity contribution >= 4 is 44.3 Å². The van der Waals surface area contributed by atoms with Gasteiger partial charge in [-0.05, 0) is 36.8 Å². The molecule has 9 heteroatoms. The lowest BCUT2D eigenvalue weighted by Gasteiger charge is -2.08. The first-order valence-electron chi connectivity index (χ1n) is 8.25. The largest absolute Gasteiger partial charge is 0.438 e. The van der Waals surface area contributed by atoms with Crippen molar-refractivity contribution in [2.45, 2.75) is 6.92 Å². The molecule has 0 spiro atoms. The second-order valence-electron chi connectivity index (χ2n) is 6.07.